The first-order valence-electron chi connectivity index (χ1n) is 20.4. The molecule has 2 aliphatic heterocycles. The normalized spacial score (nSPS) is 17.0. The highest BCUT2D eigenvalue weighted by atomic mass is 28.3. The van der Waals surface area contributed by atoms with Crippen LogP contribution in [-0.2, 0) is 9.47 Å². The van der Waals surface area contributed by atoms with Crippen molar-refractivity contribution >= 4 is 41.7 Å². The number of nitrogens with zero attached hydrogens (tertiary/aromatic N) is 5. The zero-order valence-electron chi connectivity index (χ0n) is 36.2. The molecule has 2 aliphatic rings. The molecule has 0 spiro atoms. The molecule has 3 heterocycles. The third kappa shape index (κ3) is 9.07. The molecule has 1 aromatic heterocycles. The lowest BCUT2D eigenvalue weighted by Crippen LogP contribution is -2.57. The molecule has 0 unspecified atom stereocenters. The number of fused-ring (bicyclic) bond motifs is 4. The molecule has 326 valence electrons. The Morgan fingerprint density at radius 3 is 2.15 bits per heavy atom. The summed E-state index contributed by atoms with van der Waals surface area (Å²) in [6.07, 6.45) is -4.02. The summed E-state index contributed by atoms with van der Waals surface area (Å²) < 4.78 is 96.3. The van der Waals surface area contributed by atoms with E-state index in [0.29, 0.717) is 18.2 Å². The number of benzene rings is 3. The number of aromatic nitrogens is 2. The molecule has 3 aromatic carbocycles. The lowest BCUT2D eigenvalue weighted by atomic mass is 9.90. The van der Waals surface area contributed by atoms with Gasteiger partial charge >= 0.3 is 18.3 Å². The van der Waals surface area contributed by atoms with Crippen molar-refractivity contribution in [2.75, 3.05) is 38.5 Å². The molecule has 0 radical (unpaired) electrons. The molecule has 2 fully saturated rings. The minimum Gasteiger partial charge on any atom is -0.468 e. The van der Waals surface area contributed by atoms with Crippen LogP contribution in [0.5, 0.6) is 11.8 Å². The van der Waals surface area contributed by atoms with Gasteiger partial charge in [-0.05, 0) is 85.5 Å². The van der Waals surface area contributed by atoms with Crippen molar-refractivity contribution in [1.82, 2.24) is 14.9 Å². The minimum atomic E-state index is -4.77. The van der Waals surface area contributed by atoms with Crippen LogP contribution < -0.4 is 14.4 Å². The molecular formula is C45H52F5N5O5Si. The Hall–Kier alpha value is -5.19. The average Bonchev–Trinajstić information content (AvgIpc) is 3.44. The summed E-state index contributed by atoms with van der Waals surface area (Å²) in [5, 5.41) is 11.4. The number of nitriles is 1. The lowest BCUT2D eigenvalue weighted by molar-refractivity contribution is -0.154. The summed E-state index contributed by atoms with van der Waals surface area (Å²) in [5.41, 5.74) is 2.62. The fourth-order valence-electron chi connectivity index (χ4n) is 9.23. The maximum atomic E-state index is 17.7. The fourth-order valence-corrected chi connectivity index (χ4v) is 14.4. The SMILES string of the molecule is COCOc1cc(-c2c(C#N)cc3c(N4C[C@H]5CC[C@@H](C4)N5C(=O)OC(C)(C)C)nc(OCC(F)(F)F)nc3c2F)c2c(C#C[Si](C(C)C)(C(C)C)C(C)C)c(F)ccc2c1. The van der Waals surface area contributed by atoms with E-state index in [9.17, 15) is 23.2 Å². The average molecular weight is 866 g/mol. The number of piperazine rings is 1. The van der Waals surface area contributed by atoms with Gasteiger partial charge in [-0.15, -0.1) is 5.54 Å². The third-order valence-corrected chi connectivity index (χ3v) is 18.0. The standard InChI is InChI=1S/C45H52F5N5O5Si/c1-25(2)61(26(3)4,27(5)6)16-15-33-36(46)14-11-28-17-32(59-24-57-10)19-34(37(28)33)38-29(20-51)18-35-40(39(38)47)52-42(58-23-45(48,49)50)53-41(35)54-21-30-12-13-31(22-54)55(30)43(56)60-44(7,8)9/h11,14,17-19,25-27,30-31H,12-13,21-24H2,1-10H3/t30-,31+. The summed E-state index contributed by atoms with van der Waals surface area (Å²) >= 11 is 0. The maximum absolute atomic E-state index is 17.7. The quantitative estimate of drug-likeness (QED) is 0.0666. The van der Waals surface area contributed by atoms with Crippen LogP contribution >= 0.6 is 0 Å². The Morgan fingerprint density at radius 2 is 1.59 bits per heavy atom. The van der Waals surface area contributed by atoms with Gasteiger partial charge in [0.2, 0.25) is 0 Å². The summed E-state index contributed by atoms with van der Waals surface area (Å²) in [5.74, 6) is 1.72. The second-order valence-electron chi connectivity index (χ2n) is 17.7. The molecule has 0 N–H and O–H groups in total. The number of hydrogen-bond donors (Lipinski definition) is 0. The number of methoxy groups -OCH3 is 1. The van der Waals surface area contributed by atoms with Gasteiger partial charge in [0, 0.05) is 36.5 Å². The molecule has 2 bridgehead atoms. The molecule has 0 aliphatic carbocycles. The van der Waals surface area contributed by atoms with Gasteiger partial charge in [0.05, 0.1) is 29.3 Å². The first-order chi connectivity index (χ1) is 28.6. The fraction of sp³-hybridized carbons (Fsp3) is 0.511. The second-order valence-corrected chi connectivity index (χ2v) is 23.3. The Bertz CT molecular complexity index is 2400. The number of carbonyl (C=O) groups excluding carboxylic acids is 1. The predicted molar refractivity (Wildman–Crippen MR) is 226 cm³/mol. The highest BCUT2D eigenvalue weighted by molar-refractivity contribution is 6.90. The van der Waals surface area contributed by atoms with Crippen LogP contribution in [-0.4, -0.2) is 86.5 Å². The largest absolute Gasteiger partial charge is 0.468 e. The van der Waals surface area contributed by atoms with E-state index in [4.69, 9.17) is 18.9 Å². The molecule has 4 aromatic rings. The highest BCUT2D eigenvalue weighted by Crippen LogP contribution is 2.45. The van der Waals surface area contributed by atoms with E-state index >= 15 is 8.78 Å². The van der Waals surface area contributed by atoms with Gasteiger partial charge in [0.1, 0.15) is 36.6 Å². The number of alkyl halides is 3. The van der Waals surface area contributed by atoms with Crippen LogP contribution in [0, 0.1) is 34.4 Å². The summed E-state index contributed by atoms with van der Waals surface area (Å²) in [7, 11) is -1.00. The third-order valence-electron chi connectivity index (χ3n) is 11.7. The smallest absolute Gasteiger partial charge is 0.422 e. The van der Waals surface area contributed by atoms with Crippen LogP contribution in [0.15, 0.2) is 30.3 Å². The van der Waals surface area contributed by atoms with Crippen LogP contribution in [0.1, 0.15) is 86.3 Å². The van der Waals surface area contributed by atoms with Crippen molar-refractivity contribution < 1.29 is 45.7 Å². The van der Waals surface area contributed by atoms with Crippen LogP contribution in [0.25, 0.3) is 32.8 Å². The van der Waals surface area contributed by atoms with Gasteiger partial charge in [-0.3, -0.25) is 4.90 Å². The van der Waals surface area contributed by atoms with Crippen molar-refractivity contribution in [2.24, 2.45) is 0 Å². The molecular weight excluding hydrogens is 814 g/mol. The summed E-state index contributed by atoms with van der Waals surface area (Å²) in [6.45, 7) is 16.5. The van der Waals surface area contributed by atoms with E-state index in [1.807, 2.05) is 0 Å². The first-order valence-corrected chi connectivity index (χ1v) is 22.6. The number of rotatable bonds is 10. The van der Waals surface area contributed by atoms with Crippen molar-refractivity contribution in [3.8, 4) is 40.4 Å². The molecule has 2 saturated heterocycles. The minimum absolute atomic E-state index is 0.00362. The van der Waals surface area contributed by atoms with Crippen LogP contribution in [0.2, 0.25) is 16.6 Å². The van der Waals surface area contributed by atoms with E-state index in [-0.39, 0.29) is 93.2 Å². The maximum Gasteiger partial charge on any atom is 0.422 e. The van der Waals surface area contributed by atoms with E-state index in [2.05, 4.69) is 69.0 Å². The predicted octanol–water partition coefficient (Wildman–Crippen LogP) is 10.7. The topological polar surface area (TPSA) is 110 Å². The summed E-state index contributed by atoms with van der Waals surface area (Å²) in [6, 6.07) is 7.93. The number of amides is 1. The molecule has 1 amide bonds. The van der Waals surface area contributed by atoms with Crippen molar-refractivity contribution in [1.29, 1.82) is 5.26 Å². The lowest BCUT2D eigenvalue weighted by Gasteiger charge is -2.42. The van der Waals surface area contributed by atoms with Crippen molar-refractivity contribution in [3.05, 3.63) is 53.1 Å². The number of ether oxygens (including phenoxy) is 4. The van der Waals surface area contributed by atoms with Crippen molar-refractivity contribution in [2.45, 2.75) is 116 Å². The Kier molecular flexibility index (Phi) is 12.8. The van der Waals surface area contributed by atoms with E-state index in [1.165, 1.54) is 31.4 Å². The van der Waals surface area contributed by atoms with Gasteiger partial charge in [-0.2, -0.15) is 28.4 Å². The molecule has 61 heavy (non-hydrogen) atoms. The molecule has 6 rings (SSSR count). The summed E-state index contributed by atoms with van der Waals surface area (Å²) in [4.78, 5) is 25.2. The Morgan fingerprint density at radius 1 is 0.951 bits per heavy atom. The van der Waals surface area contributed by atoms with Gasteiger partial charge in [0.25, 0.3) is 0 Å². The van der Waals surface area contributed by atoms with E-state index < -0.39 is 55.7 Å². The monoisotopic (exact) mass is 865 g/mol. The highest BCUT2D eigenvalue weighted by Gasteiger charge is 2.46. The van der Waals surface area contributed by atoms with Gasteiger partial charge in [-0.25, -0.2) is 13.6 Å². The Balaban J connectivity index is 1.62. The number of anilines is 1. The molecule has 10 nitrogen and oxygen atoms in total. The van der Waals surface area contributed by atoms with E-state index in [0.717, 1.165) is 0 Å². The Labute approximate surface area is 354 Å². The number of carbonyl (C=O) groups is 1. The van der Waals surface area contributed by atoms with Crippen LogP contribution in [0.3, 0.4) is 0 Å². The van der Waals surface area contributed by atoms with Gasteiger partial charge in [0.15, 0.2) is 19.2 Å². The molecule has 0 saturated carbocycles. The zero-order valence-corrected chi connectivity index (χ0v) is 37.2. The molecule has 2 atom stereocenters. The molecule has 16 heteroatoms. The van der Waals surface area contributed by atoms with Crippen LogP contribution in [0.4, 0.5) is 32.6 Å². The van der Waals surface area contributed by atoms with E-state index in [1.54, 1.807) is 36.6 Å². The number of halogens is 5. The first kappa shape index (κ1) is 45.3. The second kappa shape index (κ2) is 17.3. The zero-order chi connectivity index (χ0) is 44.8. The van der Waals surface area contributed by atoms with Gasteiger partial charge in [-0.1, -0.05) is 53.5 Å². The van der Waals surface area contributed by atoms with Gasteiger partial charge < -0.3 is 23.8 Å². The number of hydrogen-bond acceptors (Lipinski definition) is 9. The van der Waals surface area contributed by atoms with Crippen molar-refractivity contribution in [3.63, 3.8) is 0 Å².